The van der Waals surface area contributed by atoms with Crippen LogP contribution in [0, 0.1) is 31.1 Å². The van der Waals surface area contributed by atoms with Gasteiger partial charge >= 0.3 is 0 Å². The molecule has 0 N–H and O–H groups in total. The molecule has 0 saturated heterocycles. The predicted octanol–water partition coefficient (Wildman–Crippen LogP) is 0.406. The summed E-state index contributed by atoms with van der Waals surface area (Å²) in [5, 5.41) is 0. The van der Waals surface area contributed by atoms with Crippen LogP contribution in [0.4, 0.5) is 0 Å². The van der Waals surface area contributed by atoms with Crippen molar-refractivity contribution in [2.75, 3.05) is 0 Å². The third kappa shape index (κ3) is 37.6. The van der Waals surface area contributed by atoms with E-state index in [0.717, 1.165) is 0 Å². The minimum absolute atomic E-state index is 0. The second-order valence-electron chi connectivity index (χ2n) is 0. The Morgan fingerprint density at radius 1 is 0.800 bits per heavy atom. The number of rotatable bonds is 0. The standard InChI is InChI=1S/2CH3B.U/c2*1-2;/h2*1H3;. The SMILES string of the molecule is [B]C.[B]C.[U]. The van der Waals surface area contributed by atoms with Crippen LogP contribution in [-0.4, -0.2) is 15.7 Å². The van der Waals surface area contributed by atoms with Gasteiger partial charge in [0.2, 0.25) is 0 Å². The third-order valence-electron chi connectivity index (χ3n) is 0. The van der Waals surface area contributed by atoms with E-state index in [2.05, 4.69) is 15.7 Å². The molecule has 0 aliphatic rings. The van der Waals surface area contributed by atoms with Crippen LogP contribution in [0.1, 0.15) is 0 Å². The molecule has 0 nitrogen and oxygen atoms in total. The van der Waals surface area contributed by atoms with Crippen molar-refractivity contribution in [3.63, 3.8) is 0 Å². The zero-order valence-corrected chi connectivity index (χ0v) is 7.82. The summed E-state index contributed by atoms with van der Waals surface area (Å²) in [5.74, 6) is 0. The summed E-state index contributed by atoms with van der Waals surface area (Å²) < 4.78 is 0. The van der Waals surface area contributed by atoms with E-state index in [-0.39, 0.29) is 31.1 Å². The Kier molecular flexibility index (Phi) is 213. The van der Waals surface area contributed by atoms with Crippen LogP contribution in [0.15, 0.2) is 0 Å². The van der Waals surface area contributed by atoms with E-state index in [9.17, 15) is 0 Å². The molecular formula is C2H6B2U. The van der Waals surface area contributed by atoms with Gasteiger partial charge in [-0.1, -0.05) is 13.6 Å². The summed E-state index contributed by atoms with van der Waals surface area (Å²) in [7, 11) is 9.00. The Morgan fingerprint density at radius 2 is 0.800 bits per heavy atom. The van der Waals surface area contributed by atoms with E-state index in [1.54, 1.807) is 0 Å². The molecule has 0 aromatic rings. The van der Waals surface area contributed by atoms with Crippen LogP contribution in [0.2, 0.25) is 13.6 Å². The molecular weight excluding hydrogens is 284 g/mol. The van der Waals surface area contributed by atoms with Crippen molar-refractivity contribution in [1.82, 2.24) is 0 Å². The maximum atomic E-state index is 4.50. The second-order valence-corrected chi connectivity index (χ2v) is 0. The minimum Gasteiger partial charge on any atom is -0.0999 e. The molecule has 0 heterocycles. The van der Waals surface area contributed by atoms with Gasteiger partial charge in [-0.3, -0.25) is 0 Å². The quantitative estimate of drug-likeness (QED) is 0.567. The molecule has 0 aliphatic heterocycles. The molecule has 0 amide bonds. The fourth-order valence-corrected chi connectivity index (χ4v) is 0. The van der Waals surface area contributed by atoms with Crippen LogP contribution in [0.25, 0.3) is 0 Å². The number of hydrogen-bond acceptors (Lipinski definition) is 0. The molecule has 24 valence electrons. The molecule has 0 aliphatic carbocycles. The van der Waals surface area contributed by atoms with Crippen LogP contribution >= 0.6 is 0 Å². The van der Waals surface area contributed by atoms with E-state index < -0.39 is 0 Å². The number of hydrogen-bond donors (Lipinski definition) is 0. The molecule has 0 unspecified atom stereocenters. The van der Waals surface area contributed by atoms with Gasteiger partial charge in [0, 0.05) is 31.1 Å². The molecule has 0 aromatic carbocycles. The minimum atomic E-state index is 0. The largest absolute Gasteiger partial charge is 0.0999 e. The van der Waals surface area contributed by atoms with Crippen molar-refractivity contribution >= 4 is 15.7 Å². The zero-order valence-electron chi connectivity index (χ0n) is 3.65. The van der Waals surface area contributed by atoms with Crippen LogP contribution in [-0.2, 0) is 0 Å². The summed E-state index contributed by atoms with van der Waals surface area (Å²) in [5.41, 5.74) is 0. The first-order chi connectivity index (χ1) is 2.00. The first-order valence-electron chi connectivity index (χ1n) is 1.15. The molecule has 0 saturated carbocycles. The van der Waals surface area contributed by atoms with Crippen molar-refractivity contribution < 1.29 is 31.1 Å². The van der Waals surface area contributed by atoms with Crippen molar-refractivity contribution in [2.45, 2.75) is 13.6 Å². The van der Waals surface area contributed by atoms with E-state index in [4.69, 9.17) is 0 Å². The van der Waals surface area contributed by atoms with E-state index in [1.165, 1.54) is 13.6 Å². The van der Waals surface area contributed by atoms with Gasteiger partial charge in [0.05, 0.1) is 15.7 Å². The van der Waals surface area contributed by atoms with E-state index in [0.29, 0.717) is 0 Å². The molecule has 0 bridgehead atoms. The van der Waals surface area contributed by atoms with Crippen molar-refractivity contribution in [2.24, 2.45) is 0 Å². The Morgan fingerprint density at radius 3 is 0.800 bits per heavy atom. The zero-order chi connectivity index (χ0) is 4.00. The second kappa shape index (κ2) is 64.9. The predicted molar refractivity (Wildman–Crippen MR) is 23.2 cm³/mol. The molecule has 0 rings (SSSR count). The molecule has 0 spiro atoms. The van der Waals surface area contributed by atoms with Crippen molar-refractivity contribution in [3.8, 4) is 0 Å². The van der Waals surface area contributed by atoms with Gasteiger partial charge in [-0.05, 0) is 0 Å². The van der Waals surface area contributed by atoms with Gasteiger partial charge in [-0.25, -0.2) is 0 Å². The Labute approximate surface area is 60.3 Å². The average Bonchev–Trinajstić information content (AvgIpc) is 1.50. The maximum Gasteiger partial charge on any atom is 0.0606 e. The summed E-state index contributed by atoms with van der Waals surface area (Å²) in [4.78, 5) is 0. The van der Waals surface area contributed by atoms with Gasteiger partial charge in [0.1, 0.15) is 0 Å². The van der Waals surface area contributed by atoms with Gasteiger partial charge < -0.3 is 0 Å². The fraction of sp³-hybridized carbons (Fsp3) is 1.00. The first-order valence-corrected chi connectivity index (χ1v) is 1.15. The monoisotopic (exact) mass is 290 g/mol. The Hall–Kier alpha value is 1.18. The van der Waals surface area contributed by atoms with Gasteiger partial charge in [0.25, 0.3) is 0 Å². The van der Waals surface area contributed by atoms with Crippen LogP contribution in [0.3, 0.4) is 0 Å². The Balaban J connectivity index is -0.0000000133. The van der Waals surface area contributed by atoms with Crippen molar-refractivity contribution in [3.05, 3.63) is 0 Å². The smallest absolute Gasteiger partial charge is 0.0606 e. The van der Waals surface area contributed by atoms with Gasteiger partial charge in [0.15, 0.2) is 0 Å². The summed E-state index contributed by atoms with van der Waals surface area (Å²) in [6, 6.07) is 0. The van der Waals surface area contributed by atoms with Crippen LogP contribution < -0.4 is 0 Å². The molecule has 3 heteroatoms. The average molecular weight is 290 g/mol. The first kappa shape index (κ1) is 16.4. The molecule has 5 heavy (non-hydrogen) atoms. The third-order valence-corrected chi connectivity index (χ3v) is 0. The molecule has 0 atom stereocenters. The van der Waals surface area contributed by atoms with Gasteiger partial charge in [-0.15, -0.1) is 0 Å². The molecule has 0 aromatic heterocycles. The van der Waals surface area contributed by atoms with E-state index in [1.807, 2.05) is 0 Å². The van der Waals surface area contributed by atoms with E-state index >= 15 is 0 Å². The Bertz CT molecular complexity index is 7.61. The maximum absolute atomic E-state index is 4.50. The summed E-state index contributed by atoms with van der Waals surface area (Å²) >= 11 is 0. The molecule has 0 fully saturated rings. The topological polar surface area (TPSA) is 0 Å². The summed E-state index contributed by atoms with van der Waals surface area (Å²) in [6.45, 7) is 3.00. The fourth-order valence-electron chi connectivity index (χ4n) is 0. The molecule has 4 radical (unpaired) electrons. The van der Waals surface area contributed by atoms with Gasteiger partial charge in [-0.2, -0.15) is 0 Å². The van der Waals surface area contributed by atoms with Crippen molar-refractivity contribution in [1.29, 1.82) is 0 Å². The normalized spacial score (nSPS) is 2.00. The van der Waals surface area contributed by atoms with Crippen LogP contribution in [0.5, 0.6) is 0 Å². The summed E-state index contributed by atoms with van der Waals surface area (Å²) in [6.07, 6.45) is 0.